The molecule has 4 fully saturated rings. The van der Waals surface area contributed by atoms with E-state index < -0.39 is 127 Å². The molecule has 1 aromatic heterocycles. The molecule has 7 aliphatic rings. The van der Waals surface area contributed by atoms with Crippen LogP contribution in [0.4, 0.5) is 32.2 Å². The van der Waals surface area contributed by atoms with Crippen molar-refractivity contribution in [3.63, 3.8) is 0 Å². The van der Waals surface area contributed by atoms with E-state index in [1.54, 1.807) is 33.3 Å². The number of anilines is 1. The number of aliphatic hydroxyl groups is 2. The van der Waals surface area contributed by atoms with Gasteiger partial charge in [-0.25, -0.2) is 8.89 Å². The van der Waals surface area contributed by atoms with Gasteiger partial charge in [0.2, 0.25) is 0 Å². The number of nitrogens with zero attached hydrogens (tertiary/aromatic N) is 3. The fourth-order valence-corrected chi connectivity index (χ4v) is 14.3. The number of likely N-dealkylation sites (N-methyl/N-ethyl adjacent to an activating group) is 1. The molecule has 19 nitrogen and oxygen atoms in total. The van der Waals surface area contributed by atoms with Gasteiger partial charge in [-0.05, 0) is 82.0 Å². The maximum absolute atomic E-state index is 14.4. The van der Waals surface area contributed by atoms with Crippen molar-refractivity contribution in [2.45, 2.75) is 208 Å². The van der Waals surface area contributed by atoms with Gasteiger partial charge in [0.1, 0.15) is 58.4 Å². The molecule has 2 aromatic rings. The highest BCUT2D eigenvalue weighted by Gasteiger charge is 2.60. The molecular weight excluding hydrogens is 1240 g/mol. The molecule has 7 heterocycles. The lowest BCUT2D eigenvalue weighted by atomic mass is 9.71. The standard InChI is InChI=1S/C49H75NO13.C12H4Cl2F6N4OS/c1-12-26(2)44-29(5)18-19-48(63-44)24-35-21-34(62-48)17-16-28(4)43(27(3)14-13-15-33-25-56-46-42(51)30(6)20-36(47(52)59-35)49(33,46)53)60-40-23-38(55-11)45(32(8)58-40)61-39-22-37(54-10)41(50-9)31(7)57-39;13-5-1-4(11(15,16)17)2-6(14)8(5)24-10(22)9(7(3-21)23-24)26(25)12(18,19)20/h13-16,18-20,26-27,29,31-32,34-46,50-51,53H,12,17,21-25H2,1-11H3;1-2H,22H2/b14-13+,28-16+,33-15+;/t26-,27-,29-,31-,32-,34+,35-,36-,37-,38-,39-,40-,41+,42+,43-,44+,45-,46+,48+,49+;/m0./s1. The number of methoxy groups -OCH3 is 2. The molecule has 0 radical (unpaired) electrons. The fourth-order valence-electron chi connectivity index (χ4n) is 12.9. The zero-order valence-corrected chi connectivity index (χ0v) is 53.5. The highest BCUT2D eigenvalue weighted by atomic mass is 35.5. The summed E-state index contributed by atoms with van der Waals surface area (Å²) in [5, 5.41) is 38.1. The van der Waals surface area contributed by atoms with Crippen LogP contribution in [0.15, 0.2) is 76.3 Å². The van der Waals surface area contributed by atoms with Crippen molar-refractivity contribution < 1.29 is 92.9 Å². The van der Waals surface area contributed by atoms with Crippen LogP contribution in [-0.2, 0) is 69.1 Å². The first-order valence-electron chi connectivity index (χ1n) is 29.5. The van der Waals surface area contributed by atoms with Crippen LogP contribution in [0.25, 0.3) is 5.69 Å². The molecule has 0 amide bonds. The average Bonchev–Trinajstić information content (AvgIpc) is 1.67. The van der Waals surface area contributed by atoms with Crippen LogP contribution < -0.4 is 11.1 Å². The molecule has 28 heteroatoms. The van der Waals surface area contributed by atoms with Crippen LogP contribution in [0.2, 0.25) is 10.0 Å². The first-order valence-corrected chi connectivity index (χ1v) is 31.4. The number of nitrogens with one attached hydrogen (secondary N) is 1. The van der Waals surface area contributed by atoms with E-state index in [0.717, 1.165) is 12.0 Å². The molecule has 4 saturated heterocycles. The molecular formula is C61H79Cl2F6N5O14S. The average molecular weight is 1320 g/mol. The number of nitrogen functional groups attached to an aromatic ring is 1. The van der Waals surface area contributed by atoms with Crippen molar-refractivity contribution in [1.29, 1.82) is 5.26 Å². The molecule has 2 bridgehead atoms. The van der Waals surface area contributed by atoms with Crippen molar-refractivity contribution in [3.05, 3.63) is 92.7 Å². The number of halogens is 8. The Morgan fingerprint density at radius 1 is 0.955 bits per heavy atom. The lowest BCUT2D eigenvalue weighted by Gasteiger charge is -2.48. The maximum atomic E-state index is 14.4. The SMILES string of the molecule is CC[C@H](C)[C@H]1O[C@]2(C=C[C@@H]1C)C[C@@H]1C[C@@H](C/C=C(\C)[C@@H](O[C@H]3C[C@H](OC)[C@@H](O[C@H]4C[C@H](OC)[C@H](NC)[C@H](C)O4)[C@H](C)O3)[C@@H](C)/C=C/C=C3\CO[C@@H]4[C@H](O)C(C)=C[C@@H](C(=O)O1)[C@]34O)O2.N#Cc1nn(-c2c(Cl)cc(C(F)(F)F)cc2Cl)c(N)c1S(=O)C(F)(F)F. The van der Waals surface area contributed by atoms with Gasteiger partial charge >= 0.3 is 17.7 Å². The number of fused-ring (bicyclic) bond motifs is 2. The quantitative estimate of drug-likeness (QED) is 0.0928. The van der Waals surface area contributed by atoms with E-state index >= 15 is 0 Å². The van der Waals surface area contributed by atoms with Gasteiger partial charge < -0.3 is 68.6 Å². The summed E-state index contributed by atoms with van der Waals surface area (Å²) < 4.78 is 153. The third-order valence-corrected chi connectivity index (χ3v) is 19.6. The lowest BCUT2D eigenvalue weighted by Crippen LogP contribution is -2.58. The Kier molecular flexibility index (Phi) is 22.6. The van der Waals surface area contributed by atoms with Crippen molar-refractivity contribution >= 4 is 45.8 Å². The molecule has 21 atom stereocenters. The highest BCUT2D eigenvalue weighted by molar-refractivity contribution is 7.86. The Morgan fingerprint density at radius 3 is 2.22 bits per heavy atom. The zero-order chi connectivity index (χ0) is 65.4. The number of carbonyl (C=O) groups is 1. The summed E-state index contributed by atoms with van der Waals surface area (Å²) in [5.41, 5.74) is -2.24. The maximum Gasteiger partial charge on any atom is 0.476 e. The monoisotopic (exact) mass is 1320 g/mol. The molecule has 9 rings (SSSR count). The van der Waals surface area contributed by atoms with Crippen LogP contribution in [-0.4, -0.2) is 161 Å². The summed E-state index contributed by atoms with van der Waals surface area (Å²) in [4.78, 5) is 13.2. The van der Waals surface area contributed by atoms with E-state index in [9.17, 15) is 45.6 Å². The topological polar surface area (TPSA) is 247 Å². The first-order chi connectivity index (χ1) is 41.8. The minimum absolute atomic E-state index is 0.0411. The summed E-state index contributed by atoms with van der Waals surface area (Å²) in [6.45, 7) is 16.4. The number of benzene rings is 1. The number of carbonyl (C=O) groups excluding carboxylic acids is 1. The van der Waals surface area contributed by atoms with Gasteiger partial charge in [0.25, 0.3) is 0 Å². The van der Waals surface area contributed by atoms with Crippen molar-refractivity contribution in [2.75, 3.05) is 33.6 Å². The highest BCUT2D eigenvalue weighted by Crippen LogP contribution is 2.48. The van der Waals surface area contributed by atoms with Gasteiger partial charge in [0.05, 0.1) is 71.0 Å². The number of allylic oxidation sites excluding steroid dienone is 2. The van der Waals surface area contributed by atoms with Crippen LogP contribution in [0.1, 0.15) is 105 Å². The zero-order valence-electron chi connectivity index (χ0n) is 51.2. The summed E-state index contributed by atoms with van der Waals surface area (Å²) >= 11 is 11.5. The van der Waals surface area contributed by atoms with E-state index in [-0.39, 0.29) is 67.0 Å². The second-order valence-electron chi connectivity index (χ2n) is 23.9. The van der Waals surface area contributed by atoms with Crippen molar-refractivity contribution in [2.24, 2.45) is 23.7 Å². The number of rotatable bonds is 11. The molecule has 494 valence electrons. The fraction of sp³-hybridized carbons (Fsp3) is 0.656. The molecule has 5 N–H and O–H groups in total. The second kappa shape index (κ2) is 28.5. The Labute approximate surface area is 526 Å². The van der Waals surface area contributed by atoms with Gasteiger partial charge in [-0.2, -0.15) is 36.7 Å². The normalized spacial score (nSPS) is 38.3. The van der Waals surface area contributed by atoms with Gasteiger partial charge in [0, 0.05) is 51.7 Å². The summed E-state index contributed by atoms with van der Waals surface area (Å²) in [6.07, 6.45) is 5.94. The number of hydrogen-bond acceptors (Lipinski definition) is 18. The summed E-state index contributed by atoms with van der Waals surface area (Å²) in [7, 11) is 1.60. The van der Waals surface area contributed by atoms with Crippen LogP contribution in [0, 0.1) is 35.0 Å². The summed E-state index contributed by atoms with van der Waals surface area (Å²) in [5.74, 6) is -3.41. The van der Waals surface area contributed by atoms with Crippen LogP contribution in [0.5, 0.6) is 0 Å². The number of ether oxygens (including phenoxy) is 10. The number of aromatic nitrogens is 2. The van der Waals surface area contributed by atoms with E-state index in [1.165, 1.54) is 6.07 Å². The van der Waals surface area contributed by atoms with Crippen molar-refractivity contribution in [1.82, 2.24) is 15.1 Å². The predicted molar refractivity (Wildman–Crippen MR) is 314 cm³/mol. The minimum atomic E-state index is -5.25. The van der Waals surface area contributed by atoms with Gasteiger partial charge in [0.15, 0.2) is 34.9 Å². The molecule has 6 aliphatic heterocycles. The minimum Gasteiger partial charge on any atom is -0.462 e. The molecule has 89 heavy (non-hydrogen) atoms. The Balaban J connectivity index is 0.000000329. The van der Waals surface area contributed by atoms with Crippen molar-refractivity contribution in [3.8, 4) is 11.8 Å². The predicted octanol–water partition coefficient (Wildman–Crippen LogP) is 9.88. The number of nitriles is 1. The van der Waals surface area contributed by atoms with E-state index in [0.29, 0.717) is 60.1 Å². The lowest BCUT2D eigenvalue weighted by molar-refractivity contribution is -0.312. The van der Waals surface area contributed by atoms with E-state index in [4.69, 9.17) is 81.6 Å². The first kappa shape index (κ1) is 70.6. The number of esters is 1. The smallest absolute Gasteiger partial charge is 0.462 e. The Hall–Kier alpha value is -4.28. The number of hydrogen-bond donors (Lipinski definition) is 4. The van der Waals surface area contributed by atoms with Gasteiger partial charge in [-0.1, -0.05) is 93.8 Å². The van der Waals surface area contributed by atoms with Gasteiger partial charge in [-0.15, -0.1) is 0 Å². The third-order valence-electron chi connectivity index (χ3n) is 17.8. The second-order valence-corrected chi connectivity index (χ2v) is 26.1. The molecule has 1 unspecified atom stereocenters. The number of aliphatic hydroxyl groups excluding tert-OH is 1. The van der Waals surface area contributed by atoms with Gasteiger partial charge in [-0.3, -0.25) is 4.79 Å². The Bertz CT molecular complexity index is 3080. The Morgan fingerprint density at radius 2 is 1.61 bits per heavy atom. The van der Waals surface area contributed by atoms with Crippen LogP contribution in [0.3, 0.4) is 0 Å². The largest absolute Gasteiger partial charge is 0.476 e. The molecule has 1 aliphatic carbocycles. The van der Waals surface area contributed by atoms with Crippen LogP contribution >= 0.6 is 23.2 Å². The van der Waals surface area contributed by atoms with E-state index in [1.807, 2.05) is 39.1 Å². The molecule has 0 saturated carbocycles. The number of nitrogens with two attached hydrogens (primary N) is 1. The van der Waals surface area contributed by atoms with E-state index in [2.05, 4.69) is 57.2 Å². The molecule has 1 aromatic carbocycles. The third kappa shape index (κ3) is 15.1. The molecule has 1 spiro atoms. The number of alkyl halides is 6. The summed E-state index contributed by atoms with van der Waals surface area (Å²) in [6, 6.07) is 2.24.